The van der Waals surface area contributed by atoms with E-state index in [-0.39, 0.29) is 0 Å². The van der Waals surface area contributed by atoms with Crippen molar-refractivity contribution in [3.63, 3.8) is 0 Å². The molecule has 0 heterocycles. The second kappa shape index (κ2) is 9.40. The van der Waals surface area contributed by atoms with Crippen molar-refractivity contribution in [2.24, 2.45) is 11.7 Å². The van der Waals surface area contributed by atoms with Gasteiger partial charge >= 0.3 is 0 Å². The van der Waals surface area contributed by atoms with E-state index in [2.05, 4.69) is 25.6 Å². The molecule has 1 unspecified atom stereocenters. The standard InChI is InChI=1S/C10H23NS/c1-3-10(2)9-12-8-6-4-5-7-11/h10H,3-9,11H2,1-2H3. The molecule has 2 heteroatoms. The molecule has 0 aromatic carbocycles. The lowest BCUT2D eigenvalue weighted by Gasteiger charge is -2.06. The second-order valence-electron chi connectivity index (χ2n) is 3.44. The number of rotatable bonds is 8. The van der Waals surface area contributed by atoms with Crippen LogP contribution in [0.3, 0.4) is 0 Å². The van der Waals surface area contributed by atoms with E-state index in [0.717, 1.165) is 12.5 Å². The van der Waals surface area contributed by atoms with Crippen molar-refractivity contribution in [2.75, 3.05) is 18.1 Å². The van der Waals surface area contributed by atoms with Gasteiger partial charge < -0.3 is 5.73 Å². The Balaban J connectivity index is 2.90. The zero-order valence-electron chi connectivity index (χ0n) is 8.51. The van der Waals surface area contributed by atoms with Gasteiger partial charge in [0.1, 0.15) is 0 Å². The summed E-state index contributed by atoms with van der Waals surface area (Å²) >= 11 is 2.10. The maximum absolute atomic E-state index is 5.41. The largest absolute Gasteiger partial charge is 0.330 e. The highest BCUT2D eigenvalue weighted by Gasteiger charge is 1.97. The van der Waals surface area contributed by atoms with Crippen LogP contribution in [0.5, 0.6) is 0 Å². The van der Waals surface area contributed by atoms with Crippen LogP contribution in [0.4, 0.5) is 0 Å². The van der Waals surface area contributed by atoms with Gasteiger partial charge in [-0.3, -0.25) is 0 Å². The SMILES string of the molecule is CCC(C)CSCCCCCN. The van der Waals surface area contributed by atoms with Gasteiger partial charge in [0.2, 0.25) is 0 Å². The van der Waals surface area contributed by atoms with Crippen molar-refractivity contribution in [3.05, 3.63) is 0 Å². The highest BCUT2D eigenvalue weighted by atomic mass is 32.2. The van der Waals surface area contributed by atoms with Crippen molar-refractivity contribution in [2.45, 2.75) is 39.5 Å². The normalized spacial score (nSPS) is 13.2. The first-order valence-corrected chi connectivity index (χ1v) is 6.24. The van der Waals surface area contributed by atoms with Gasteiger partial charge in [-0.1, -0.05) is 26.7 Å². The summed E-state index contributed by atoms with van der Waals surface area (Å²) < 4.78 is 0. The molecule has 74 valence electrons. The molecule has 0 radical (unpaired) electrons. The van der Waals surface area contributed by atoms with Crippen LogP contribution in [0.25, 0.3) is 0 Å². The van der Waals surface area contributed by atoms with Crippen molar-refractivity contribution >= 4 is 11.8 Å². The Kier molecular flexibility index (Phi) is 9.64. The maximum atomic E-state index is 5.41. The van der Waals surface area contributed by atoms with E-state index in [1.54, 1.807) is 0 Å². The van der Waals surface area contributed by atoms with E-state index in [1.165, 1.54) is 37.2 Å². The number of nitrogens with two attached hydrogens (primary N) is 1. The van der Waals surface area contributed by atoms with Crippen molar-refractivity contribution in [1.82, 2.24) is 0 Å². The molecule has 0 saturated heterocycles. The summed E-state index contributed by atoms with van der Waals surface area (Å²) in [6.07, 6.45) is 5.17. The van der Waals surface area contributed by atoms with E-state index in [0.29, 0.717) is 0 Å². The predicted molar refractivity (Wildman–Crippen MR) is 59.7 cm³/mol. The molecule has 0 saturated carbocycles. The van der Waals surface area contributed by atoms with Crippen molar-refractivity contribution < 1.29 is 0 Å². The first kappa shape index (κ1) is 12.3. The van der Waals surface area contributed by atoms with Crippen LogP contribution in [0.2, 0.25) is 0 Å². The van der Waals surface area contributed by atoms with Crippen molar-refractivity contribution in [3.8, 4) is 0 Å². The Morgan fingerprint density at radius 1 is 1.25 bits per heavy atom. The molecular formula is C10H23NS. The number of hydrogen-bond donors (Lipinski definition) is 1. The average Bonchev–Trinajstić information content (AvgIpc) is 2.10. The molecule has 1 nitrogen and oxygen atoms in total. The molecule has 0 fully saturated rings. The van der Waals surface area contributed by atoms with Crippen LogP contribution in [-0.2, 0) is 0 Å². The fraction of sp³-hybridized carbons (Fsp3) is 1.00. The van der Waals surface area contributed by atoms with Crippen LogP contribution in [0.1, 0.15) is 39.5 Å². The fourth-order valence-electron chi connectivity index (χ4n) is 0.928. The third kappa shape index (κ3) is 8.41. The third-order valence-corrected chi connectivity index (χ3v) is 3.47. The molecule has 0 spiro atoms. The molecule has 0 aliphatic rings. The summed E-state index contributed by atoms with van der Waals surface area (Å²) in [6, 6.07) is 0. The Labute approximate surface area is 81.5 Å². The Morgan fingerprint density at radius 3 is 2.58 bits per heavy atom. The van der Waals surface area contributed by atoms with Gasteiger partial charge in [0.05, 0.1) is 0 Å². The minimum Gasteiger partial charge on any atom is -0.330 e. The van der Waals surface area contributed by atoms with Gasteiger partial charge in [-0.15, -0.1) is 0 Å². The maximum Gasteiger partial charge on any atom is -0.00419 e. The lowest BCUT2D eigenvalue weighted by molar-refractivity contribution is 0.636. The molecule has 0 aromatic rings. The lowest BCUT2D eigenvalue weighted by Crippen LogP contribution is -1.99. The van der Waals surface area contributed by atoms with Crippen LogP contribution >= 0.6 is 11.8 Å². The zero-order valence-corrected chi connectivity index (χ0v) is 9.33. The van der Waals surface area contributed by atoms with Gasteiger partial charge in [-0.2, -0.15) is 11.8 Å². The summed E-state index contributed by atoms with van der Waals surface area (Å²) in [7, 11) is 0. The quantitative estimate of drug-likeness (QED) is 0.594. The highest BCUT2D eigenvalue weighted by molar-refractivity contribution is 7.99. The van der Waals surface area contributed by atoms with E-state index in [4.69, 9.17) is 5.73 Å². The highest BCUT2D eigenvalue weighted by Crippen LogP contribution is 2.13. The van der Waals surface area contributed by atoms with Gasteiger partial charge in [-0.25, -0.2) is 0 Å². The molecule has 0 amide bonds. The molecule has 0 aliphatic heterocycles. The summed E-state index contributed by atoms with van der Waals surface area (Å²) in [4.78, 5) is 0. The summed E-state index contributed by atoms with van der Waals surface area (Å²) in [5, 5.41) is 0. The van der Waals surface area contributed by atoms with Crippen LogP contribution < -0.4 is 5.73 Å². The molecule has 12 heavy (non-hydrogen) atoms. The Bertz CT molecular complexity index is 85.9. The van der Waals surface area contributed by atoms with Crippen LogP contribution in [0.15, 0.2) is 0 Å². The van der Waals surface area contributed by atoms with E-state index < -0.39 is 0 Å². The third-order valence-electron chi connectivity index (χ3n) is 2.09. The molecule has 1 atom stereocenters. The van der Waals surface area contributed by atoms with Crippen LogP contribution in [-0.4, -0.2) is 18.1 Å². The summed E-state index contributed by atoms with van der Waals surface area (Å²) in [5.74, 6) is 3.55. The number of thioether (sulfide) groups is 1. The van der Waals surface area contributed by atoms with Crippen molar-refractivity contribution in [1.29, 1.82) is 0 Å². The minimum absolute atomic E-state index is 0.857. The van der Waals surface area contributed by atoms with Gasteiger partial charge in [-0.05, 0) is 36.8 Å². The van der Waals surface area contributed by atoms with Gasteiger partial charge in [0.25, 0.3) is 0 Å². The smallest absolute Gasteiger partial charge is 0.00419 e. The predicted octanol–water partition coefficient (Wildman–Crippen LogP) is 2.89. The molecule has 0 aliphatic carbocycles. The fourth-order valence-corrected chi connectivity index (χ4v) is 2.14. The van der Waals surface area contributed by atoms with Crippen LogP contribution in [0, 0.1) is 5.92 Å². The lowest BCUT2D eigenvalue weighted by atomic mass is 10.2. The van der Waals surface area contributed by atoms with Gasteiger partial charge in [0.15, 0.2) is 0 Å². The monoisotopic (exact) mass is 189 g/mol. The summed E-state index contributed by atoms with van der Waals surface area (Å²) in [6.45, 7) is 5.45. The average molecular weight is 189 g/mol. The van der Waals surface area contributed by atoms with E-state index in [1.807, 2.05) is 0 Å². The van der Waals surface area contributed by atoms with Gasteiger partial charge in [0, 0.05) is 0 Å². The number of unbranched alkanes of at least 4 members (excludes halogenated alkanes) is 2. The minimum atomic E-state index is 0.857. The zero-order chi connectivity index (χ0) is 9.23. The topological polar surface area (TPSA) is 26.0 Å². The van der Waals surface area contributed by atoms with E-state index >= 15 is 0 Å². The molecule has 2 N–H and O–H groups in total. The molecule has 0 rings (SSSR count). The molecular weight excluding hydrogens is 166 g/mol. The first-order valence-electron chi connectivity index (χ1n) is 5.09. The Hall–Kier alpha value is 0.310. The molecule has 0 aromatic heterocycles. The first-order chi connectivity index (χ1) is 5.81. The summed E-state index contributed by atoms with van der Waals surface area (Å²) in [5.41, 5.74) is 5.41. The number of hydrogen-bond acceptors (Lipinski definition) is 2. The van der Waals surface area contributed by atoms with E-state index in [9.17, 15) is 0 Å². The second-order valence-corrected chi connectivity index (χ2v) is 4.59. The molecule has 0 bridgehead atoms. The Morgan fingerprint density at radius 2 is 2.00 bits per heavy atom.